The number of rotatable bonds is 4. The van der Waals surface area contributed by atoms with Crippen LogP contribution in [-0.4, -0.2) is 23.7 Å². The van der Waals surface area contributed by atoms with Crippen LogP contribution in [0.4, 0.5) is 0 Å². The van der Waals surface area contributed by atoms with E-state index in [9.17, 15) is 4.79 Å². The Bertz CT molecular complexity index is 515. The monoisotopic (exact) mass is 289 g/mol. The largest absolute Gasteiger partial charge is 0.490 e. The maximum Gasteiger partial charge on any atom is 0.235 e. The molecule has 1 aromatic carbocycles. The van der Waals surface area contributed by atoms with Crippen molar-refractivity contribution >= 4 is 17.8 Å². The highest BCUT2D eigenvalue weighted by Gasteiger charge is 2.39. The van der Waals surface area contributed by atoms with E-state index in [4.69, 9.17) is 4.74 Å². The Labute approximate surface area is 123 Å². The summed E-state index contributed by atoms with van der Waals surface area (Å²) in [6.45, 7) is 0. The molecule has 20 heavy (non-hydrogen) atoms. The molecule has 3 rings (SSSR count). The number of thioether (sulfide) groups is 1. The van der Waals surface area contributed by atoms with Crippen molar-refractivity contribution in [3.8, 4) is 5.75 Å². The molecular weight excluding hydrogens is 270 g/mol. The van der Waals surface area contributed by atoms with Crippen LogP contribution in [0.3, 0.4) is 0 Å². The first-order valence-electron chi connectivity index (χ1n) is 7.26. The van der Waals surface area contributed by atoms with Gasteiger partial charge in [-0.2, -0.15) is 16.8 Å². The molecule has 1 saturated heterocycles. The molecule has 0 radical (unpaired) electrons. The van der Waals surface area contributed by atoms with E-state index < -0.39 is 0 Å². The van der Waals surface area contributed by atoms with Crippen LogP contribution in [0.1, 0.15) is 37.7 Å². The van der Waals surface area contributed by atoms with E-state index in [1.165, 1.54) is 11.5 Å². The second-order valence-electron chi connectivity index (χ2n) is 5.55. The molecule has 4 heteroatoms. The van der Waals surface area contributed by atoms with E-state index >= 15 is 0 Å². The third-order valence-corrected chi connectivity index (χ3v) is 5.33. The van der Waals surface area contributed by atoms with Crippen LogP contribution in [0, 0.1) is 0 Å². The van der Waals surface area contributed by atoms with Crippen LogP contribution < -0.4 is 4.74 Å². The molecule has 1 saturated carbocycles. The van der Waals surface area contributed by atoms with Crippen LogP contribution in [0.5, 0.6) is 5.75 Å². The second kappa shape index (κ2) is 6.02. The number of nitrogens with zero attached hydrogens (tertiary/aromatic N) is 1. The highest BCUT2D eigenvalue weighted by Crippen LogP contribution is 2.45. The first kappa shape index (κ1) is 13.7. The van der Waals surface area contributed by atoms with Crippen molar-refractivity contribution in [3.05, 3.63) is 29.8 Å². The molecule has 1 aliphatic carbocycles. The van der Waals surface area contributed by atoms with Crippen LogP contribution in [-0.2, 0) is 10.3 Å². The molecular formula is C16H19NO2S. The molecule has 1 heterocycles. The number of isocyanates is 1. The van der Waals surface area contributed by atoms with Crippen LogP contribution >= 0.6 is 11.8 Å². The lowest BCUT2D eigenvalue weighted by Gasteiger charge is -2.37. The molecule has 0 aromatic heterocycles. The molecule has 0 unspecified atom stereocenters. The average Bonchev–Trinajstić information content (AvgIpc) is 2.44. The first-order chi connectivity index (χ1) is 9.82. The molecule has 1 aromatic rings. The lowest BCUT2D eigenvalue weighted by Crippen LogP contribution is -2.32. The van der Waals surface area contributed by atoms with Gasteiger partial charge in [0.2, 0.25) is 6.08 Å². The van der Waals surface area contributed by atoms with Crippen molar-refractivity contribution in [2.75, 3.05) is 11.5 Å². The lowest BCUT2D eigenvalue weighted by atomic mass is 9.72. The zero-order valence-electron chi connectivity index (χ0n) is 11.5. The summed E-state index contributed by atoms with van der Waals surface area (Å²) in [6.07, 6.45) is 7.30. The molecule has 3 nitrogen and oxygen atoms in total. The van der Waals surface area contributed by atoms with Gasteiger partial charge in [0.05, 0.1) is 5.54 Å². The molecule has 2 fully saturated rings. The summed E-state index contributed by atoms with van der Waals surface area (Å²) in [7, 11) is 0. The molecule has 0 amide bonds. The van der Waals surface area contributed by atoms with Crippen LogP contribution in [0.2, 0.25) is 0 Å². The summed E-state index contributed by atoms with van der Waals surface area (Å²) in [6, 6.07) is 8.11. The maximum atomic E-state index is 10.7. The Hall–Kier alpha value is -1.25. The molecule has 106 valence electrons. The lowest BCUT2D eigenvalue weighted by molar-refractivity contribution is 0.190. The van der Waals surface area contributed by atoms with Crippen molar-refractivity contribution < 1.29 is 9.53 Å². The Kier molecular flexibility index (Phi) is 4.13. The topological polar surface area (TPSA) is 38.7 Å². The number of hydrogen-bond acceptors (Lipinski definition) is 4. The Morgan fingerprint density at radius 1 is 1.30 bits per heavy atom. The minimum atomic E-state index is -0.330. The zero-order chi connectivity index (χ0) is 13.8. The summed E-state index contributed by atoms with van der Waals surface area (Å²) < 4.78 is 6.08. The summed E-state index contributed by atoms with van der Waals surface area (Å²) >= 11 is 2.00. The Morgan fingerprint density at radius 3 is 2.75 bits per heavy atom. The third kappa shape index (κ3) is 2.77. The van der Waals surface area contributed by atoms with Gasteiger partial charge in [-0.05, 0) is 61.3 Å². The van der Waals surface area contributed by atoms with Gasteiger partial charge in [0.25, 0.3) is 0 Å². The Balaban J connectivity index is 1.77. The number of ether oxygens (including phenoxy) is 1. The van der Waals surface area contributed by atoms with Crippen molar-refractivity contribution in [2.45, 2.75) is 43.7 Å². The summed E-state index contributed by atoms with van der Waals surface area (Å²) in [5.41, 5.74) is 0.763. The molecule has 1 aliphatic heterocycles. The first-order valence-corrected chi connectivity index (χ1v) is 8.42. The predicted molar refractivity (Wildman–Crippen MR) is 81.1 cm³/mol. The van der Waals surface area contributed by atoms with E-state index in [0.29, 0.717) is 6.10 Å². The average molecular weight is 289 g/mol. The number of hydrogen-bond donors (Lipinski definition) is 0. The fraction of sp³-hybridized carbons (Fsp3) is 0.562. The molecule has 0 N–H and O–H groups in total. The van der Waals surface area contributed by atoms with Gasteiger partial charge in [0, 0.05) is 0 Å². The molecule has 0 atom stereocenters. The smallest absolute Gasteiger partial charge is 0.235 e. The highest BCUT2D eigenvalue weighted by atomic mass is 32.2. The normalized spacial score (nSPS) is 21.6. The van der Waals surface area contributed by atoms with E-state index in [-0.39, 0.29) is 5.54 Å². The maximum absolute atomic E-state index is 10.7. The predicted octanol–water partition coefficient (Wildman–Crippen LogP) is 3.68. The van der Waals surface area contributed by atoms with Gasteiger partial charge in [-0.1, -0.05) is 12.1 Å². The summed E-state index contributed by atoms with van der Waals surface area (Å²) in [5.74, 6) is 3.28. The molecule has 0 bridgehead atoms. The van der Waals surface area contributed by atoms with E-state index in [1.54, 1.807) is 6.08 Å². The van der Waals surface area contributed by atoms with Gasteiger partial charge >= 0.3 is 0 Å². The molecule has 0 spiro atoms. The standard InChI is InChI=1S/C16H19NO2S/c18-12-17-16(7-2-8-16)13-3-1-4-15(11-13)19-14-5-9-20-10-6-14/h1,3-4,11,14H,2,5-10H2. The van der Waals surface area contributed by atoms with Crippen LogP contribution in [0.25, 0.3) is 0 Å². The van der Waals surface area contributed by atoms with Crippen molar-refractivity contribution in [3.63, 3.8) is 0 Å². The van der Waals surface area contributed by atoms with E-state index in [1.807, 2.05) is 30.0 Å². The SMILES string of the molecule is O=C=NC1(c2cccc(OC3CCSCC3)c2)CCC1. The molecule has 2 aliphatic rings. The number of aliphatic imine (C=N–C) groups is 1. The summed E-state index contributed by atoms with van der Waals surface area (Å²) in [5, 5.41) is 0. The quantitative estimate of drug-likeness (QED) is 0.627. The van der Waals surface area contributed by atoms with Crippen molar-refractivity contribution in [2.24, 2.45) is 4.99 Å². The van der Waals surface area contributed by atoms with Crippen molar-refractivity contribution in [1.29, 1.82) is 0 Å². The highest BCUT2D eigenvalue weighted by molar-refractivity contribution is 7.99. The van der Waals surface area contributed by atoms with Gasteiger partial charge in [-0.15, -0.1) is 0 Å². The van der Waals surface area contributed by atoms with E-state index in [2.05, 4.69) is 11.1 Å². The van der Waals surface area contributed by atoms with Gasteiger partial charge in [-0.3, -0.25) is 0 Å². The minimum absolute atomic E-state index is 0.330. The van der Waals surface area contributed by atoms with Gasteiger partial charge < -0.3 is 4.74 Å². The van der Waals surface area contributed by atoms with Gasteiger partial charge in [0.15, 0.2) is 0 Å². The third-order valence-electron chi connectivity index (χ3n) is 4.28. The van der Waals surface area contributed by atoms with Gasteiger partial charge in [0.1, 0.15) is 11.9 Å². The second-order valence-corrected chi connectivity index (χ2v) is 6.77. The Morgan fingerprint density at radius 2 is 2.10 bits per heavy atom. The van der Waals surface area contributed by atoms with Crippen LogP contribution in [0.15, 0.2) is 29.3 Å². The zero-order valence-corrected chi connectivity index (χ0v) is 12.3. The fourth-order valence-corrected chi connectivity index (χ4v) is 3.97. The van der Waals surface area contributed by atoms with Gasteiger partial charge in [-0.25, -0.2) is 4.79 Å². The fourth-order valence-electron chi connectivity index (χ4n) is 2.91. The minimum Gasteiger partial charge on any atom is -0.490 e. The van der Waals surface area contributed by atoms with Crippen molar-refractivity contribution in [1.82, 2.24) is 0 Å². The number of benzene rings is 1. The summed E-state index contributed by atoms with van der Waals surface area (Å²) in [4.78, 5) is 14.7. The number of carbonyl (C=O) groups excluding carboxylic acids is 1. The van der Waals surface area contributed by atoms with E-state index in [0.717, 1.165) is 43.4 Å².